The summed E-state index contributed by atoms with van der Waals surface area (Å²) in [6.45, 7) is 0.871. The molecule has 2 aliphatic heterocycles. The quantitative estimate of drug-likeness (QED) is 0.352. The Bertz CT molecular complexity index is 1560. The van der Waals surface area contributed by atoms with Gasteiger partial charge in [-0.25, -0.2) is 0 Å². The Morgan fingerprint density at radius 3 is 2.57 bits per heavy atom. The van der Waals surface area contributed by atoms with E-state index in [0.29, 0.717) is 51.3 Å². The van der Waals surface area contributed by atoms with Crippen LogP contribution >= 0.6 is 23.2 Å². The lowest BCUT2D eigenvalue weighted by atomic mass is 9.49. The lowest BCUT2D eigenvalue weighted by Gasteiger charge is -2.62. The number of carboxylic acids is 1. The summed E-state index contributed by atoms with van der Waals surface area (Å²) in [4.78, 5) is 25.7. The Balaban J connectivity index is 0.000000154. The van der Waals surface area contributed by atoms with Crippen LogP contribution in [-0.4, -0.2) is 65.3 Å². The number of rotatable bonds is 5. The largest absolute Gasteiger partial charge is 0.493 e. The van der Waals surface area contributed by atoms with E-state index in [4.69, 9.17) is 37.8 Å². The van der Waals surface area contributed by atoms with Gasteiger partial charge in [0.25, 0.3) is 0 Å². The number of carbonyl (C=O) groups excluding carboxylic acids is 1. The van der Waals surface area contributed by atoms with Gasteiger partial charge in [0.05, 0.1) is 40.3 Å². The summed E-state index contributed by atoms with van der Waals surface area (Å²) < 4.78 is 11.6. The number of benzene rings is 3. The number of aliphatic hydroxyl groups is 1. The Kier molecular flexibility index (Phi) is 7.38. The lowest BCUT2D eigenvalue weighted by Crippen LogP contribution is -2.76. The molecule has 0 aromatic heterocycles. The van der Waals surface area contributed by atoms with Crippen molar-refractivity contribution in [3.63, 3.8) is 0 Å². The number of hydrogen-bond acceptors (Lipinski definition) is 7. The van der Waals surface area contributed by atoms with Gasteiger partial charge in [-0.15, -0.1) is 0 Å². The normalized spacial score (nSPS) is 26.8. The molecule has 3 N–H and O–H groups in total. The lowest BCUT2D eigenvalue weighted by molar-refractivity contribution is -0.185. The Labute approximate surface area is 254 Å². The molecule has 1 saturated carbocycles. The van der Waals surface area contributed by atoms with Crippen molar-refractivity contribution < 1.29 is 29.3 Å². The number of carbonyl (C=O) groups is 2. The van der Waals surface area contributed by atoms with E-state index in [0.717, 1.165) is 24.9 Å². The van der Waals surface area contributed by atoms with Crippen molar-refractivity contribution in [2.75, 3.05) is 26.0 Å². The van der Waals surface area contributed by atoms with Crippen molar-refractivity contribution in [1.82, 2.24) is 4.90 Å². The second-order valence-corrected chi connectivity index (χ2v) is 12.2. The van der Waals surface area contributed by atoms with Crippen molar-refractivity contribution in [2.24, 2.45) is 0 Å². The van der Waals surface area contributed by atoms with Crippen LogP contribution in [0.1, 0.15) is 36.0 Å². The van der Waals surface area contributed by atoms with Crippen molar-refractivity contribution in [1.29, 1.82) is 0 Å². The average Bonchev–Trinajstić information content (AvgIpc) is 3.32. The zero-order valence-corrected chi connectivity index (χ0v) is 24.8. The van der Waals surface area contributed by atoms with E-state index in [1.54, 1.807) is 43.5 Å². The number of aliphatic carboxylic acids is 1. The first kappa shape index (κ1) is 28.8. The van der Waals surface area contributed by atoms with Crippen molar-refractivity contribution in [3.05, 3.63) is 81.3 Å². The van der Waals surface area contributed by atoms with E-state index in [1.165, 1.54) is 5.56 Å². The molecule has 0 unspecified atom stereocenters. The number of para-hydroxylation sites is 2. The van der Waals surface area contributed by atoms with Gasteiger partial charge in [-0.3, -0.25) is 9.59 Å². The minimum Gasteiger partial charge on any atom is -0.493 e. The predicted molar refractivity (Wildman–Crippen MR) is 161 cm³/mol. The third-order valence-electron chi connectivity index (χ3n) is 9.31. The van der Waals surface area contributed by atoms with Crippen LogP contribution in [0.2, 0.25) is 10.0 Å². The first-order chi connectivity index (χ1) is 20.1. The fraction of sp³-hybridized carbons (Fsp3) is 0.375. The molecule has 2 heterocycles. The van der Waals surface area contributed by atoms with E-state index in [2.05, 4.69) is 23.3 Å². The molecule has 10 heteroatoms. The maximum Gasteiger partial charge on any atom is 0.307 e. The number of methoxy groups -OCH3 is 1. The molecule has 220 valence electrons. The van der Waals surface area contributed by atoms with Crippen LogP contribution in [0.15, 0.2) is 54.6 Å². The summed E-state index contributed by atoms with van der Waals surface area (Å²) in [6.07, 6.45) is 1.83. The number of nitrogens with zero attached hydrogens (tertiary/aromatic N) is 1. The van der Waals surface area contributed by atoms with E-state index >= 15 is 0 Å². The smallest absolute Gasteiger partial charge is 0.307 e. The second kappa shape index (κ2) is 10.8. The standard InChI is InChI=1S/C18H21NO4.C14H11Cl2NO2/c1-19-8-7-17-14-10-3-4-12(22-2)15(14)23-16(17)11(20)5-6-18(17,21)13(19)9-10;15-10-5-3-6-11(16)14(10)17-12-7-2-1-4-9(12)8-13(18)19/h3-4,13,16,21H,5-9H2,1-2H3;1-7,17H,8H2,(H,18,19)/t13-,16+,17+,18-;/m1./s1. The molecule has 2 fully saturated rings. The summed E-state index contributed by atoms with van der Waals surface area (Å²) in [5.41, 5.74) is 2.66. The summed E-state index contributed by atoms with van der Waals surface area (Å²) in [6, 6.07) is 16.4. The molecule has 1 saturated heterocycles. The summed E-state index contributed by atoms with van der Waals surface area (Å²) in [7, 11) is 3.70. The van der Waals surface area contributed by atoms with Crippen molar-refractivity contribution >= 4 is 46.3 Å². The van der Waals surface area contributed by atoms with E-state index in [-0.39, 0.29) is 18.2 Å². The van der Waals surface area contributed by atoms with Gasteiger partial charge in [-0.1, -0.05) is 53.5 Å². The maximum atomic E-state index is 12.7. The van der Waals surface area contributed by atoms with Gasteiger partial charge in [0, 0.05) is 23.7 Å². The average molecular weight is 612 g/mol. The third-order valence-corrected chi connectivity index (χ3v) is 9.94. The van der Waals surface area contributed by atoms with Crippen LogP contribution in [0.5, 0.6) is 11.5 Å². The number of anilines is 2. The number of halogens is 2. The highest BCUT2D eigenvalue weighted by molar-refractivity contribution is 6.39. The van der Waals surface area contributed by atoms with Gasteiger partial charge in [0.2, 0.25) is 0 Å². The molecular weight excluding hydrogens is 579 g/mol. The predicted octanol–water partition coefficient (Wildman–Crippen LogP) is 5.41. The molecule has 3 aromatic rings. The third kappa shape index (κ3) is 4.35. The van der Waals surface area contributed by atoms with Crippen LogP contribution in [0.25, 0.3) is 0 Å². The van der Waals surface area contributed by atoms with Crippen LogP contribution in [0.4, 0.5) is 11.4 Å². The Morgan fingerprint density at radius 2 is 1.86 bits per heavy atom. The number of likely N-dealkylation sites (tertiary alicyclic amines) is 1. The van der Waals surface area contributed by atoms with Crippen LogP contribution < -0.4 is 14.8 Å². The van der Waals surface area contributed by atoms with Gasteiger partial charge >= 0.3 is 5.97 Å². The molecule has 0 radical (unpaired) electrons. The number of piperidine rings is 1. The molecule has 2 aliphatic carbocycles. The highest BCUT2D eigenvalue weighted by Gasteiger charge is 2.72. The van der Waals surface area contributed by atoms with Crippen LogP contribution in [-0.2, 0) is 27.8 Å². The number of hydrogen-bond donors (Lipinski definition) is 3. The number of nitrogens with one attached hydrogen (secondary N) is 1. The first-order valence-corrected chi connectivity index (χ1v) is 14.7. The second-order valence-electron chi connectivity index (χ2n) is 11.4. The number of ketones is 1. The molecule has 4 atom stereocenters. The number of likely N-dealkylation sites (N-methyl/N-ethyl adjacent to an activating group) is 1. The zero-order chi connectivity index (χ0) is 29.8. The molecular formula is C32H32Cl2N2O6. The van der Waals surface area contributed by atoms with Crippen LogP contribution in [0.3, 0.4) is 0 Å². The summed E-state index contributed by atoms with van der Waals surface area (Å²) >= 11 is 12.1. The molecule has 4 aliphatic rings. The molecule has 3 aromatic carbocycles. The SMILES string of the molecule is COc1ccc2c3c1O[C@H]1C(=O)CC[C@@]4(O)[C@@H](C2)N(C)CC[C@]314.O=C(O)Cc1ccccc1Nc1c(Cl)cccc1Cl. The van der Waals surface area contributed by atoms with Gasteiger partial charge in [-0.2, -0.15) is 0 Å². The first-order valence-electron chi connectivity index (χ1n) is 13.9. The van der Waals surface area contributed by atoms with Gasteiger partial charge in [0.1, 0.15) is 0 Å². The number of carboxylic acid groups (broad SMARTS) is 1. The maximum absolute atomic E-state index is 12.7. The minimum atomic E-state index is -0.900. The Morgan fingerprint density at radius 1 is 1.12 bits per heavy atom. The van der Waals surface area contributed by atoms with E-state index in [9.17, 15) is 14.7 Å². The number of ether oxygens (including phenoxy) is 2. The van der Waals surface area contributed by atoms with Gasteiger partial charge in [0.15, 0.2) is 23.4 Å². The fourth-order valence-electron chi connectivity index (χ4n) is 7.40. The molecule has 0 amide bonds. The topological polar surface area (TPSA) is 108 Å². The summed E-state index contributed by atoms with van der Waals surface area (Å²) in [5.74, 6) is 0.579. The highest BCUT2D eigenvalue weighted by Crippen LogP contribution is 2.64. The molecule has 1 spiro atoms. The molecule has 42 heavy (non-hydrogen) atoms. The number of Topliss-reactive ketones (excluding diaryl/α,β-unsaturated/α-hetero) is 1. The fourth-order valence-corrected chi connectivity index (χ4v) is 7.89. The van der Waals surface area contributed by atoms with Crippen molar-refractivity contribution in [2.45, 2.75) is 55.3 Å². The molecule has 2 bridgehead atoms. The monoisotopic (exact) mass is 610 g/mol. The van der Waals surface area contributed by atoms with E-state index < -0.39 is 23.1 Å². The summed E-state index contributed by atoms with van der Waals surface area (Å²) in [5, 5.41) is 24.7. The van der Waals surface area contributed by atoms with E-state index in [1.807, 2.05) is 12.1 Å². The molecule has 7 rings (SSSR count). The molecule has 8 nitrogen and oxygen atoms in total. The van der Waals surface area contributed by atoms with Gasteiger partial charge in [-0.05, 0) is 68.2 Å². The zero-order valence-electron chi connectivity index (χ0n) is 23.3. The van der Waals surface area contributed by atoms with Gasteiger partial charge < -0.3 is 29.9 Å². The highest BCUT2D eigenvalue weighted by atomic mass is 35.5. The minimum absolute atomic E-state index is 0.0438. The van der Waals surface area contributed by atoms with Crippen molar-refractivity contribution in [3.8, 4) is 11.5 Å². The van der Waals surface area contributed by atoms with Crippen LogP contribution in [0, 0.1) is 0 Å². The Hall–Kier alpha value is -3.30.